The van der Waals surface area contributed by atoms with Crippen molar-refractivity contribution in [2.75, 3.05) is 13.7 Å². The van der Waals surface area contributed by atoms with Gasteiger partial charge in [-0.25, -0.2) is 4.68 Å². The highest BCUT2D eigenvalue weighted by molar-refractivity contribution is 7.08. The number of methoxy groups -OCH3 is 1. The molecule has 2 aromatic heterocycles. The van der Waals surface area contributed by atoms with E-state index in [1.54, 1.807) is 53.6 Å². The lowest BCUT2D eigenvalue weighted by Crippen LogP contribution is -2.28. The number of hydrogen-bond donors (Lipinski definition) is 1. The van der Waals surface area contributed by atoms with Gasteiger partial charge in [-0.15, -0.1) is 5.10 Å². The summed E-state index contributed by atoms with van der Waals surface area (Å²) in [7, 11) is 1.60. The lowest BCUT2D eigenvalue weighted by atomic mass is 10.3. The number of rotatable bonds is 7. The molecule has 1 N–H and O–H groups in total. The third-order valence-corrected chi connectivity index (χ3v) is 3.88. The second-order valence-electron chi connectivity index (χ2n) is 4.88. The number of amides is 1. The van der Waals surface area contributed by atoms with Crippen LogP contribution in [0.1, 0.15) is 5.69 Å². The third-order valence-electron chi connectivity index (χ3n) is 3.21. The fourth-order valence-electron chi connectivity index (χ4n) is 1.95. The molecule has 124 valence electrons. The van der Waals surface area contributed by atoms with Crippen LogP contribution in [-0.4, -0.2) is 34.6 Å². The van der Waals surface area contributed by atoms with Crippen molar-refractivity contribution in [3.05, 3.63) is 53.0 Å². The minimum absolute atomic E-state index is 0.0645. The summed E-state index contributed by atoms with van der Waals surface area (Å²) in [5.41, 5.74) is 1.63. The number of ether oxygens (including phenoxy) is 2. The normalized spacial score (nSPS) is 10.4. The zero-order chi connectivity index (χ0) is 16.8. The van der Waals surface area contributed by atoms with E-state index in [1.165, 1.54) is 0 Å². The molecule has 3 rings (SSSR count). The molecule has 0 radical (unpaired) electrons. The SMILES string of the molecule is COc1ccc(OCC(=O)NCc2cn(-c3ccsc3)nn2)cc1. The zero-order valence-corrected chi connectivity index (χ0v) is 13.8. The molecule has 0 spiro atoms. The van der Waals surface area contributed by atoms with Crippen LogP contribution in [0.2, 0.25) is 0 Å². The average molecular weight is 344 g/mol. The number of nitrogens with one attached hydrogen (secondary N) is 1. The van der Waals surface area contributed by atoms with E-state index >= 15 is 0 Å². The smallest absolute Gasteiger partial charge is 0.258 e. The van der Waals surface area contributed by atoms with E-state index in [4.69, 9.17) is 9.47 Å². The van der Waals surface area contributed by atoms with Crippen LogP contribution in [-0.2, 0) is 11.3 Å². The molecule has 8 heteroatoms. The van der Waals surface area contributed by atoms with Gasteiger partial charge in [0.25, 0.3) is 5.91 Å². The Balaban J connectivity index is 1.45. The monoisotopic (exact) mass is 344 g/mol. The molecule has 0 fully saturated rings. The van der Waals surface area contributed by atoms with Crippen molar-refractivity contribution in [3.63, 3.8) is 0 Å². The molecular weight excluding hydrogens is 328 g/mol. The molecule has 0 aliphatic rings. The predicted molar refractivity (Wildman–Crippen MR) is 89.6 cm³/mol. The Labute approximate surface area is 142 Å². The maximum Gasteiger partial charge on any atom is 0.258 e. The molecule has 0 aliphatic carbocycles. The van der Waals surface area contributed by atoms with Gasteiger partial charge in [0, 0.05) is 5.38 Å². The lowest BCUT2D eigenvalue weighted by Gasteiger charge is -2.07. The maximum absolute atomic E-state index is 11.8. The first-order valence-corrected chi connectivity index (χ1v) is 8.16. The first-order chi connectivity index (χ1) is 11.7. The molecule has 0 saturated heterocycles. The Morgan fingerprint density at radius 1 is 1.25 bits per heavy atom. The zero-order valence-electron chi connectivity index (χ0n) is 13.0. The highest BCUT2D eigenvalue weighted by Crippen LogP contribution is 2.16. The summed E-state index contributed by atoms with van der Waals surface area (Å²) >= 11 is 1.59. The van der Waals surface area contributed by atoms with Gasteiger partial charge in [0.2, 0.25) is 0 Å². The van der Waals surface area contributed by atoms with Gasteiger partial charge in [-0.05, 0) is 35.7 Å². The summed E-state index contributed by atoms with van der Waals surface area (Å²) in [6.45, 7) is 0.236. The second kappa shape index (κ2) is 7.60. The number of nitrogens with zero attached hydrogens (tertiary/aromatic N) is 3. The summed E-state index contributed by atoms with van der Waals surface area (Å²) < 4.78 is 12.1. The van der Waals surface area contributed by atoms with Gasteiger partial charge in [-0.1, -0.05) is 5.21 Å². The van der Waals surface area contributed by atoms with Gasteiger partial charge in [-0.3, -0.25) is 4.79 Å². The van der Waals surface area contributed by atoms with Crippen molar-refractivity contribution in [2.45, 2.75) is 6.54 Å². The van der Waals surface area contributed by atoms with Crippen LogP contribution < -0.4 is 14.8 Å². The molecule has 1 amide bonds. The molecule has 0 bridgehead atoms. The highest BCUT2D eigenvalue weighted by atomic mass is 32.1. The van der Waals surface area contributed by atoms with Gasteiger partial charge in [0.1, 0.15) is 17.2 Å². The number of thiophene rings is 1. The van der Waals surface area contributed by atoms with Gasteiger partial charge in [0.15, 0.2) is 6.61 Å². The van der Waals surface area contributed by atoms with Crippen LogP contribution >= 0.6 is 11.3 Å². The minimum Gasteiger partial charge on any atom is -0.497 e. The van der Waals surface area contributed by atoms with E-state index in [9.17, 15) is 4.79 Å². The molecule has 7 nitrogen and oxygen atoms in total. The summed E-state index contributed by atoms with van der Waals surface area (Å²) in [5, 5.41) is 14.7. The van der Waals surface area contributed by atoms with E-state index in [1.807, 2.05) is 16.8 Å². The lowest BCUT2D eigenvalue weighted by molar-refractivity contribution is -0.123. The molecule has 0 unspecified atom stereocenters. The molecular formula is C16H16N4O3S. The van der Waals surface area contributed by atoms with E-state index in [0.717, 1.165) is 11.4 Å². The van der Waals surface area contributed by atoms with Crippen molar-refractivity contribution in [2.24, 2.45) is 0 Å². The van der Waals surface area contributed by atoms with Crippen molar-refractivity contribution < 1.29 is 14.3 Å². The fourth-order valence-corrected chi connectivity index (χ4v) is 2.58. The Morgan fingerprint density at radius 2 is 2.04 bits per heavy atom. The predicted octanol–water partition coefficient (Wildman–Crippen LogP) is 2.03. The van der Waals surface area contributed by atoms with Crippen LogP contribution in [0.5, 0.6) is 11.5 Å². The summed E-state index contributed by atoms with van der Waals surface area (Å²) in [6.07, 6.45) is 1.78. The molecule has 0 atom stereocenters. The second-order valence-corrected chi connectivity index (χ2v) is 5.66. The quantitative estimate of drug-likeness (QED) is 0.709. The van der Waals surface area contributed by atoms with Crippen molar-refractivity contribution >= 4 is 17.2 Å². The van der Waals surface area contributed by atoms with Crippen molar-refractivity contribution in [1.29, 1.82) is 0 Å². The van der Waals surface area contributed by atoms with Crippen LogP contribution in [0, 0.1) is 0 Å². The minimum atomic E-state index is -0.226. The largest absolute Gasteiger partial charge is 0.497 e. The van der Waals surface area contributed by atoms with Crippen LogP contribution in [0.25, 0.3) is 5.69 Å². The molecule has 0 aliphatic heterocycles. The van der Waals surface area contributed by atoms with Crippen LogP contribution in [0.4, 0.5) is 0 Å². The van der Waals surface area contributed by atoms with Gasteiger partial charge >= 0.3 is 0 Å². The summed E-state index contributed by atoms with van der Waals surface area (Å²) in [6, 6.07) is 8.99. The Kier molecular flexibility index (Phi) is 5.07. The van der Waals surface area contributed by atoms with E-state index < -0.39 is 0 Å². The van der Waals surface area contributed by atoms with Gasteiger partial charge in [0.05, 0.1) is 25.5 Å². The van der Waals surface area contributed by atoms with Crippen LogP contribution in [0.15, 0.2) is 47.3 Å². The van der Waals surface area contributed by atoms with Crippen molar-refractivity contribution in [3.8, 4) is 17.2 Å². The standard InChI is InChI=1S/C16H16N4O3S/c1-22-14-2-4-15(5-3-14)23-10-16(21)17-8-12-9-20(19-18-12)13-6-7-24-11-13/h2-7,9,11H,8,10H2,1H3,(H,17,21). The number of carbonyl (C=O) groups is 1. The number of hydrogen-bond acceptors (Lipinski definition) is 6. The molecule has 24 heavy (non-hydrogen) atoms. The highest BCUT2D eigenvalue weighted by Gasteiger charge is 2.07. The van der Waals surface area contributed by atoms with E-state index in [0.29, 0.717) is 18.0 Å². The summed E-state index contributed by atoms with van der Waals surface area (Å²) in [5.74, 6) is 1.12. The first-order valence-electron chi connectivity index (χ1n) is 7.22. The Hall–Kier alpha value is -2.87. The Morgan fingerprint density at radius 3 is 2.75 bits per heavy atom. The summed E-state index contributed by atoms with van der Waals surface area (Å²) in [4.78, 5) is 11.8. The maximum atomic E-state index is 11.8. The molecule has 2 heterocycles. The molecule has 3 aromatic rings. The molecule has 1 aromatic carbocycles. The van der Waals surface area contributed by atoms with Crippen LogP contribution in [0.3, 0.4) is 0 Å². The topological polar surface area (TPSA) is 78.3 Å². The number of aromatic nitrogens is 3. The van der Waals surface area contributed by atoms with E-state index in [-0.39, 0.29) is 12.5 Å². The number of benzene rings is 1. The first kappa shape index (κ1) is 16.0. The third kappa shape index (κ3) is 4.11. The number of carbonyl (C=O) groups excluding carboxylic acids is 1. The fraction of sp³-hybridized carbons (Fsp3) is 0.188. The van der Waals surface area contributed by atoms with Gasteiger partial charge < -0.3 is 14.8 Å². The Bertz CT molecular complexity index is 784. The van der Waals surface area contributed by atoms with Crippen molar-refractivity contribution in [1.82, 2.24) is 20.3 Å². The average Bonchev–Trinajstić information content (AvgIpc) is 3.29. The van der Waals surface area contributed by atoms with Gasteiger partial charge in [-0.2, -0.15) is 11.3 Å². The molecule has 0 saturated carbocycles. The van der Waals surface area contributed by atoms with E-state index in [2.05, 4.69) is 15.6 Å².